The van der Waals surface area contributed by atoms with Gasteiger partial charge in [0.05, 0.1) is 20.8 Å². The van der Waals surface area contributed by atoms with Crippen LogP contribution in [0, 0.1) is 5.92 Å². The first-order valence-corrected chi connectivity index (χ1v) is 8.97. The summed E-state index contributed by atoms with van der Waals surface area (Å²) >= 11 is 0. The van der Waals surface area contributed by atoms with Crippen LogP contribution in [0.15, 0.2) is 53.0 Å². The van der Waals surface area contributed by atoms with Gasteiger partial charge in [-0.15, -0.1) is 0 Å². The van der Waals surface area contributed by atoms with Crippen LogP contribution in [-0.4, -0.2) is 32.4 Å². The van der Waals surface area contributed by atoms with Crippen molar-refractivity contribution in [2.45, 2.75) is 32.1 Å². The van der Waals surface area contributed by atoms with Gasteiger partial charge in [-0.2, -0.15) is 0 Å². The van der Waals surface area contributed by atoms with E-state index < -0.39 is 0 Å². The first kappa shape index (κ1) is 18.2. The summed E-state index contributed by atoms with van der Waals surface area (Å²) in [7, 11) is 2.79. The smallest absolute Gasteiger partial charge is 0.228 e. The lowest BCUT2D eigenvalue weighted by molar-refractivity contribution is -0.121. The Bertz CT molecular complexity index is 705. The number of Topliss-reactive ketones (excluding diaryl/α,β-unsaturated/α-hetero) is 2. The van der Waals surface area contributed by atoms with Gasteiger partial charge in [-0.1, -0.05) is 18.2 Å². The minimum absolute atomic E-state index is 0.0297. The first-order valence-electron chi connectivity index (χ1n) is 8.97. The molecule has 0 radical (unpaired) electrons. The van der Waals surface area contributed by atoms with Crippen LogP contribution in [0.3, 0.4) is 0 Å². The molecule has 0 atom stereocenters. The summed E-state index contributed by atoms with van der Waals surface area (Å²) in [6, 6.07) is 9.73. The summed E-state index contributed by atoms with van der Waals surface area (Å²) in [6.45, 7) is 0.631. The molecule has 2 aliphatic rings. The van der Waals surface area contributed by atoms with E-state index in [1.165, 1.54) is 14.2 Å². The molecule has 0 spiro atoms. The molecule has 0 saturated carbocycles. The number of hydrogen-bond donors (Lipinski definition) is 0. The van der Waals surface area contributed by atoms with Crippen LogP contribution in [-0.2, 0) is 19.1 Å². The molecule has 26 heavy (non-hydrogen) atoms. The molecule has 0 aromatic heterocycles. The Kier molecular flexibility index (Phi) is 5.76. The molecule has 2 aliphatic carbocycles. The van der Waals surface area contributed by atoms with Gasteiger partial charge in [-0.05, 0) is 50.2 Å². The molecule has 1 aromatic rings. The molecule has 0 saturated heterocycles. The van der Waals surface area contributed by atoms with E-state index in [-0.39, 0.29) is 23.1 Å². The predicted molar refractivity (Wildman–Crippen MR) is 96.6 cm³/mol. The standard InChI is InChI=1S/C21H24O5/c1-24-20-18(22)16-10-8-14(9-11-17(16)19(23)21(20)25-2)12-13-26-15-6-4-3-5-7-15/h3-7,14H,8-13H2,1-2H3. The van der Waals surface area contributed by atoms with Crippen molar-refractivity contribution < 1.29 is 23.8 Å². The van der Waals surface area contributed by atoms with Crippen molar-refractivity contribution in [1.29, 1.82) is 0 Å². The Labute approximate surface area is 153 Å². The van der Waals surface area contributed by atoms with Crippen molar-refractivity contribution >= 4 is 11.6 Å². The van der Waals surface area contributed by atoms with Crippen molar-refractivity contribution in [3.05, 3.63) is 53.0 Å². The molecule has 0 unspecified atom stereocenters. The van der Waals surface area contributed by atoms with E-state index in [9.17, 15) is 9.59 Å². The SMILES string of the molecule is COC1=C(OC)C(=O)C2=C(CCC(CCOc3ccccc3)CC2)C1=O. The molecule has 3 rings (SSSR count). The number of allylic oxidation sites excluding steroid dienone is 2. The topological polar surface area (TPSA) is 61.8 Å². The van der Waals surface area contributed by atoms with Gasteiger partial charge in [-0.25, -0.2) is 0 Å². The summed E-state index contributed by atoms with van der Waals surface area (Å²) in [5, 5.41) is 0. The largest absolute Gasteiger partial charge is 0.494 e. The van der Waals surface area contributed by atoms with E-state index in [1.807, 2.05) is 30.3 Å². The number of ketones is 2. The van der Waals surface area contributed by atoms with Gasteiger partial charge in [0.2, 0.25) is 23.1 Å². The number of rotatable bonds is 6. The summed E-state index contributed by atoms with van der Waals surface area (Å²) in [5.74, 6) is 0.925. The highest BCUT2D eigenvalue weighted by Crippen LogP contribution is 2.36. The first-order chi connectivity index (χ1) is 12.7. The Morgan fingerprint density at radius 1 is 0.885 bits per heavy atom. The second-order valence-electron chi connectivity index (χ2n) is 6.58. The summed E-state index contributed by atoms with van der Waals surface area (Å²) < 4.78 is 16.1. The van der Waals surface area contributed by atoms with Crippen molar-refractivity contribution in [1.82, 2.24) is 0 Å². The van der Waals surface area contributed by atoms with Crippen LogP contribution in [0.25, 0.3) is 0 Å². The Morgan fingerprint density at radius 3 is 1.92 bits per heavy atom. The number of ether oxygens (including phenoxy) is 3. The molecule has 0 N–H and O–H groups in total. The van der Waals surface area contributed by atoms with Crippen LogP contribution in [0.4, 0.5) is 0 Å². The highest BCUT2D eigenvalue weighted by molar-refractivity contribution is 6.23. The van der Waals surface area contributed by atoms with Gasteiger partial charge in [0.25, 0.3) is 0 Å². The molecule has 5 heteroatoms. The Balaban J connectivity index is 1.62. The molecule has 1 aromatic carbocycles. The van der Waals surface area contributed by atoms with Crippen LogP contribution >= 0.6 is 0 Å². The number of methoxy groups -OCH3 is 2. The molecule has 0 bridgehead atoms. The third-order valence-corrected chi connectivity index (χ3v) is 5.08. The predicted octanol–water partition coefficient (Wildman–Crippen LogP) is 3.60. The van der Waals surface area contributed by atoms with E-state index in [4.69, 9.17) is 14.2 Å². The molecule has 138 valence electrons. The highest BCUT2D eigenvalue weighted by Gasteiger charge is 2.37. The Morgan fingerprint density at radius 2 is 1.42 bits per heavy atom. The monoisotopic (exact) mass is 356 g/mol. The minimum atomic E-state index is -0.208. The van der Waals surface area contributed by atoms with Crippen LogP contribution in [0.1, 0.15) is 32.1 Å². The van der Waals surface area contributed by atoms with E-state index in [0.29, 0.717) is 36.5 Å². The van der Waals surface area contributed by atoms with Crippen LogP contribution in [0.2, 0.25) is 0 Å². The number of benzene rings is 1. The van der Waals surface area contributed by atoms with Gasteiger partial charge < -0.3 is 14.2 Å². The molecule has 5 nitrogen and oxygen atoms in total. The third-order valence-electron chi connectivity index (χ3n) is 5.08. The van der Waals surface area contributed by atoms with Crippen LogP contribution < -0.4 is 4.74 Å². The quantitative estimate of drug-likeness (QED) is 0.729. The fraction of sp³-hybridized carbons (Fsp3) is 0.429. The summed E-state index contributed by atoms with van der Waals surface area (Å²) in [6.07, 6.45) is 3.84. The van der Waals surface area contributed by atoms with E-state index >= 15 is 0 Å². The van der Waals surface area contributed by atoms with Gasteiger partial charge in [-0.3, -0.25) is 9.59 Å². The normalized spacial score (nSPS) is 18.5. The minimum Gasteiger partial charge on any atom is -0.494 e. The zero-order valence-corrected chi connectivity index (χ0v) is 15.2. The highest BCUT2D eigenvalue weighted by atomic mass is 16.5. The lowest BCUT2D eigenvalue weighted by Crippen LogP contribution is -2.25. The van der Waals surface area contributed by atoms with Crippen molar-refractivity contribution in [3.63, 3.8) is 0 Å². The number of hydrogen-bond acceptors (Lipinski definition) is 5. The van der Waals surface area contributed by atoms with Crippen molar-refractivity contribution in [2.75, 3.05) is 20.8 Å². The van der Waals surface area contributed by atoms with E-state index in [1.54, 1.807) is 0 Å². The maximum absolute atomic E-state index is 12.7. The van der Waals surface area contributed by atoms with Gasteiger partial charge in [0.15, 0.2) is 0 Å². The van der Waals surface area contributed by atoms with Crippen molar-refractivity contribution in [3.8, 4) is 5.75 Å². The maximum Gasteiger partial charge on any atom is 0.228 e. The lowest BCUT2D eigenvalue weighted by atomic mass is 9.89. The van der Waals surface area contributed by atoms with Gasteiger partial charge >= 0.3 is 0 Å². The molecular formula is C21H24O5. The maximum atomic E-state index is 12.7. The fourth-order valence-electron chi connectivity index (χ4n) is 3.64. The summed E-state index contributed by atoms with van der Waals surface area (Å²) in [4.78, 5) is 25.3. The van der Waals surface area contributed by atoms with Crippen LogP contribution in [0.5, 0.6) is 5.75 Å². The lowest BCUT2D eigenvalue weighted by Gasteiger charge is -2.20. The molecule has 0 fully saturated rings. The second kappa shape index (κ2) is 8.21. The number of para-hydroxylation sites is 1. The zero-order valence-electron chi connectivity index (χ0n) is 15.2. The average Bonchev–Trinajstić information content (AvgIpc) is 2.88. The summed E-state index contributed by atoms with van der Waals surface area (Å²) in [5.41, 5.74) is 1.19. The number of carbonyl (C=O) groups is 2. The van der Waals surface area contributed by atoms with E-state index in [0.717, 1.165) is 25.0 Å². The third kappa shape index (κ3) is 3.66. The molecule has 0 amide bonds. The Hall–Kier alpha value is -2.56. The van der Waals surface area contributed by atoms with Gasteiger partial charge in [0, 0.05) is 11.1 Å². The fourth-order valence-corrected chi connectivity index (χ4v) is 3.64. The zero-order chi connectivity index (χ0) is 18.5. The van der Waals surface area contributed by atoms with Gasteiger partial charge in [0.1, 0.15) is 5.75 Å². The molecule has 0 aliphatic heterocycles. The second-order valence-corrected chi connectivity index (χ2v) is 6.58. The van der Waals surface area contributed by atoms with Crippen molar-refractivity contribution in [2.24, 2.45) is 5.92 Å². The number of carbonyl (C=O) groups excluding carboxylic acids is 2. The average molecular weight is 356 g/mol. The van der Waals surface area contributed by atoms with E-state index in [2.05, 4.69) is 0 Å². The molecular weight excluding hydrogens is 332 g/mol. The molecule has 0 heterocycles.